The van der Waals surface area contributed by atoms with Crippen LogP contribution in [0.4, 0.5) is 0 Å². The molecule has 2 aromatic carbocycles. The molecule has 0 bridgehead atoms. The van der Waals surface area contributed by atoms with Crippen LogP contribution in [0.15, 0.2) is 36.4 Å². The molecule has 0 unspecified atom stereocenters. The number of halogens is 4. The first-order valence-corrected chi connectivity index (χ1v) is 10.1. The highest BCUT2D eigenvalue weighted by Gasteiger charge is 2.12. The number of thiocarbonyl (C=S) groups is 1. The maximum absolute atomic E-state index is 12.1. The van der Waals surface area contributed by atoms with Crippen molar-refractivity contribution < 1.29 is 14.3 Å². The van der Waals surface area contributed by atoms with E-state index in [1.165, 1.54) is 18.2 Å². The number of hydrogen-bond acceptors (Lipinski definition) is 4. The van der Waals surface area contributed by atoms with Crippen LogP contribution < -0.4 is 20.9 Å². The lowest BCUT2D eigenvalue weighted by Gasteiger charge is -2.12. The van der Waals surface area contributed by atoms with E-state index in [1.54, 1.807) is 18.2 Å². The largest absolute Gasteiger partial charge is 0.492 e. The third-order valence-electron chi connectivity index (χ3n) is 3.42. The summed E-state index contributed by atoms with van der Waals surface area (Å²) in [7, 11) is 0. The predicted molar refractivity (Wildman–Crippen MR) is 119 cm³/mol. The molecule has 6 nitrogen and oxygen atoms in total. The van der Waals surface area contributed by atoms with Gasteiger partial charge in [-0.1, -0.05) is 46.4 Å². The number of ether oxygens (including phenoxy) is 1. The normalized spacial score (nSPS) is 10.2. The van der Waals surface area contributed by atoms with Crippen LogP contribution in [-0.4, -0.2) is 23.5 Å². The molecule has 0 radical (unpaired) electrons. The summed E-state index contributed by atoms with van der Waals surface area (Å²) in [6.45, 7) is 0.279. The van der Waals surface area contributed by atoms with Gasteiger partial charge in [0.2, 0.25) is 5.91 Å². The van der Waals surface area contributed by atoms with Gasteiger partial charge in [-0.2, -0.15) is 0 Å². The summed E-state index contributed by atoms with van der Waals surface area (Å²) in [5, 5.41) is 3.88. The molecule has 11 heteroatoms. The van der Waals surface area contributed by atoms with Gasteiger partial charge in [0.1, 0.15) is 5.75 Å². The molecule has 0 heterocycles. The summed E-state index contributed by atoms with van der Waals surface area (Å²) in [6.07, 6.45) is 0.587. The van der Waals surface area contributed by atoms with E-state index in [0.29, 0.717) is 27.2 Å². The van der Waals surface area contributed by atoms with E-state index in [0.717, 1.165) is 0 Å². The van der Waals surface area contributed by atoms with Gasteiger partial charge in [0.05, 0.1) is 22.2 Å². The standard InChI is InChI=1S/C18H15Cl4N3O3S/c19-10-3-5-12(13(21)8-10)17(27)24-25-18(29)23-16(26)2-1-7-28-15-6-4-11(20)9-14(15)22/h3-6,8-9H,1-2,7H2,(H,24,27)(H2,23,25,26,29). The maximum atomic E-state index is 12.1. The van der Waals surface area contributed by atoms with Crippen LogP contribution in [-0.2, 0) is 4.79 Å². The monoisotopic (exact) mass is 493 g/mol. The van der Waals surface area contributed by atoms with E-state index >= 15 is 0 Å². The molecular weight excluding hydrogens is 480 g/mol. The minimum absolute atomic E-state index is 0.0601. The Balaban J connectivity index is 1.68. The lowest BCUT2D eigenvalue weighted by Crippen LogP contribution is -2.48. The van der Waals surface area contributed by atoms with Gasteiger partial charge in [0, 0.05) is 16.5 Å². The third-order valence-corrected chi connectivity index (χ3v) is 4.70. The molecule has 0 spiro atoms. The van der Waals surface area contributed by atoms with Crippen molar-refractivity contribution in [2.45, 2.75) is 12.8 Å². The Hall–Kier alpha value is -1.77. The Morgan fingerprint density at radius 3 is 2.24 bits per heavy atom. The fourth-order valence-electron chi connectivity index (χ4n) is 2.08. The molecule has 0 atom stereocenters. The minimum atomic E-state index is -0.531. The number of benzene rings is 2. The number of hydrogen-bond donors (Lipinski definition) is 3. The van der Waals surface area contributed by atoms with E-state index in [9.17, 15) is 9.59 Å². The van der Waals surface area contributed by atoms with Gasteiger partial charge in [-0.15, -0.1) is 0 Å². The molecule has 0 aliphatic rings. The first kappa shape index (κ1) is 23.5. The summed E-state index contributed by atoms with van der Waals surface area (Å²) in [6, 6.07) is 9.32. The van der Waals surface area contributed by atoms with E-state index in [1.807, 2.05) is 0 Å². The van der Waals surface area contributed by atoms with Crippen molar-refractivity contribution in [3.05, 3.63) is 62.1 Å². The Bertz CT molecular complexity index is 927. The topological polar surface area (TPSA) is 79.5 Å². The van der Waals surface area contributed by atoms with Crippen molar-refractivity contribution in [1.29, 1.82) is 0 Å². The zero-order chi connectivity index (χ0) is 21.4. The fourth-order valence-corrected chi connectivity index (χ4v) is 3.20. The van der Waals surface area contributed by atoms with Gasteiger partial charge in [0.15, 0.2) is 5.11 Å². The van der Waals surface area contributed by atoms with E-state index in [2.05, 4.69) is 16.2 Å². The Morgan fingerprint density at radius 1 is 0.931 bits per heavy atom. The molecule has 0 aliphatic heterocycles. The second-order valence-electron chi connectivity index (χ2n) is 5.61. The van der Waals surface area contributed by atoms with Gasteiger partial charge >= 0.3 is 0 Å². The van der Waals surface area contributed by atoms with Crippen LogP contribution in [0.5, 0.6) is 5.75 Å². The highest BCUT2D eigenvalue weighted by Crippen LogP contribution is 2.27. The average Bonchev–Trinajstić information content (AvgIpc) is 2.64. The highest BCUT2D eigenvalue weighted by molar-refractivity contribution is 7.80. The molecule has 0 fully saturated rings. The molecular formula is C18H15Cl4N3O3S. The van der Waals surface area contributed by atoms with Crippen LogP contribution in [0.1, 0.15) is 23.2 Å². The Kier molecular flexibility index (Phi) is 9.26. The smallest absolute Gasteiger partial charge is 0.271 e. The van der Waals surface area contributed by atoms with E-state index in [-0.39, 0.29) is 34.6 Å². The van der Waals surface area contributed by atoms with Crippen molar-refractivity contribution in [2.75, 3.05) is 6.61 Å². The number of amides is 2. The number of nitrogens with one attached hydrogen (secondary N) is 3. The van der Waals surface area contributed by atoms with Crippen molar-refractivity contribution in [1.82, 2.24) is 16.2 Å². The first-order valence-electron chi connectivity index (χ1n) is 8.19. The second kappa shape index (κ2) is 11.4. The van der Waals surface area contributed by atoms with Gasteiger partial charge in [-0.3, -0.25) is 20.4 Å². The number of hydrazine groups is 1. The van der Waals surface area contributed by atoms with Gasteiger partial charge in [-0.05, 0) is 55.0 Å². The van der Waals surface area contributed by atoms with Crippen molar-refractivity contribution in [3.8, 4) is 5.75 Å². The van der Waals surface area contributed by atoms with Crippen LogP contribution in [0.3, 0.4) is 0 Å². The quantitative estimate of drug-likeness (QED) is 0.305. The van der Waals surface area contributed by atoms with Gasteiger partial charge < -0.3 is 10.1 Å². The van der Waals surface area contributed by atoms with Gasteiger partial charge in [-0.25, -0.2) is 0 Å². The summed E-state index contributed by atoms with van der Waals surface area (Å²) in [5.41, 5.74) is 4.98. The Labute approximate surface area is 192 Å². The molecule has 2 rings (SSSR count). The number of carbonyl (C=O) groups is 2. The summed E-state index contributed by atoms with van der Waals surface area (Å²) < 4.78 is 5.50. The third kappa shape index (κ3) is 7.87. The predicted octanol–water partition coefficient (Wildman–Crippen LogP) is 4.79. The number of carbonyl (C=O) groups excluding carboxylic acids is 2. The zero-order valence-electron chi connectivity index (χ0n) is 14.7. The lowest BCUT2D eigenvalue weighted by molar-refractivity contribution is -0.119. The molecule has 154 valence electrons. The molecule has 2 aromatic rings. The Morgan fingerprint density at radius 2 is 1.59 bits per heavy atom. The summed E-state index contributed by atoms with van der Waals surface area (Å²) in [4.78, 5) is 23.9. The minimum Gasteiger partial charge on any atom is -0.492 e. The second-order valence-corrected chi connectivity index (χ2v) is 7.70. The molecule has 0 aliphatic carbocycles. The maximum Gasteiger partial charge on any atom is 0.271 e. The van der Waals surface area contributed by atoms with Crippen LogP contribution in [0.25, 0.3) is 0 Å². The van der Waals surface area contributed by atoms with Crippen LogP contribution in [0, 0.1) is 0 Å². The van der Waals surface area contributed by atoms with Crippen molar-refractivity contribution in [2.24, 2.45) is 0 Å². The highest BCUT2D eigenvalue weighted by atomic mass is 35.5. The number of rotatable bonds is 6. The zero-order valence-corrected chi connectivity index (χ0v) is 18.6. The molecule has 0 saturated carbocycles. The summed E-state index contributed by atoms with van der Waals surface area (Å²) >= 11 is 28.5. The molecule has 29 heavy (non-hydrogen) atoms. The van der Waals surface area contributed by atoms with Crippen molar-refractivity contribution in [3.63, 3.8) is 0 Å². The van der Waals surface area contributed by atoms with Crippen LogP contribution in [0.2, 0.25) is 20.1 Å². The average molecular weight is 495 g/mol. The van der Waals surface area contributed by atoms with Gasteiger partial charge in [0.25, 0.3) is 5.91 Å². The lowest BCUT2D eigenvalue weighted by atomic mass is 10.2. The molecule has 0 saturated heterocycles. The molecule has 0 aromatic heterocycles. The molecule has 3 N–H and O–H groups in total. The van der Waals surface area contributed by atoms with E-state index < -0.39 is 5.91 Å². The fraction of sp³-hybridized carbons (Fsp3) is 0.167. The first-order chi connectivity index (χ1) is 13.8. The van der Waals surface area contributed by atoms with E-state index in [4.69, 9.17) is 63.4 Å². The molecule has 2 amide bonds. The van der Waals surface area contributed by atoms with Crippen LogP contribution >= 0.6 is 58.6 Å². The van der Waals surface area contributed by atoms with Crippen molar-refractivity contribution >= 4 is 75.5 Å². The SMILES string of the molecule is O=C(CCCOc1ccc(Cl)cc1Cl)NC(=S)NNC(=O)c1ccc(Cl)cc1Cl. The summed E-state index contributed by atoms with van der Waals surface area (Å²) in [5.74, 6) is -0.388.